The Kier molecular flexibility index (Phi) is 4.45. The fourth-order valence-electron chi connectivity index (χ4n) is 2.27. The molecule has 3 aromatic rings. The van der Waals surface area contributed by atoms with Gasteiger partial charge in [0.25, 0.3) is 0 Å². The molecule has 1 aromatic carbocycles. The van der Waals surface area contributed by atoms with Crippen molar-refractivity contribution in [2.24, 2.45) is 0 Å². The molecule has 0 aliphatic carbocycles. The van der Waals surface area contributed by atoms with E-state index in [2.05, 4.69) is 32.4 Å². The van der Waals surface area contributed by atoms with E-state index in [4.69, 9.17) is 17.3 Å². The Labute approximate surface area is 143 Å². The SMILES string of the molecule is Cc1nc(-c2ccccc2)sc1C(C)Nc1ncnc(N)c1Cl. The first kappa shape index (κ1) is 15.7. The minimum absolute atomic E-state index is 0.0109. The Hall–Kier alpha value is -2.18. The maximum atomic E-state index is 6.14. The molecule has 0 bridgehead atoms. The van der Waals surface area contributed by atoms with E-state index in [0.717, 1.165) is 21.1 Å². The quantitative estimate of drug-likeness (QED) is 0.736. The number of halogens is 1. The normalized spacial score (nSPS) is 12.1. The minimum Gasteiger partial charge on any atom is -0.382 e. The Morgan fingerprint density at radius 1 is 1.22 bits per heavy atom. The number of nitrogen functional groups attached to an aromatic ring is 1. The van der Waals surface area contributed by atoms with Crippen molar-refractivity contribution in [3.05, 3.63) is 52.3 Å². The maximum absolute atomic E-state index is 6.14. The molecule has 1 atom stereocenters. The Morgan fingerprint density at radius 2 is 1.96 bits per heavy atom. The molecule has 2 heterocycles. The lowest BCUT2D eigenvalue weighted by Crippen LogP contribution is -2.09. The summed E-state index contributed by atoms with van der Waals surface area (Å²) in [5.74, 6) is 0.795. The van der Waals surface area contributed by atoms with Gasteiger partial charge in [-0.25, -0.2) is 15.0 Å². The van der Waals surface area contributed by atoms with Crippen LogP contribution in [0.5, 0.6) is 0 Å². The van der Waals surface area contributed by atoms with Crippen molar-refractivity contribution >= 4 is 34.6 Å². The number of anilines is 2. The van der Waals surface area contributed by atoms with Gasteiger partial charge in [0.1, 0.15) is 22.2 Å². The highest BCUT2D eigenvalue weighted by molar-refractivity contribution is 7.15. The number of hydrogen-bond donors (Lipinski definition) is 2. The molecule has 0 amide bonds. The van der Waals surface area contributed by atoms with E-state index in [1.165, 1.54) is 6.33 Å². The summed E-state index contributed by atoms with van der Waals surface area (Å²) in [4.78, 5) is 13.8. The lowest BCUT2D eigenvalue weighted by Gasteiger charge is -2.14. The number of aromatic nitrogens is 3. The molecule has 3 N–H and O–H groups in total. The molecule has 2 aromatic heterocycles. The number of hydrogen-bond acceptors (Lipinski definition) is 6. The zero-order valence-electron chi connectivity index (χ0n) is 12.7. The van der Waals surface area contributed by atoms with Crippen LogP contribution in [0.3, 0.4) is 0 Å². The van der Waals surface area contributed by atoms with E-state index in [-0.39, 0.29) is 11.9 Å². The lowest BCUT2D eigenvalue weighted by atomic mass is 10.2. The standard InChI is InChI=1S/C16H16ClN5S/c1-9(21-15-12(17)14(18)19-8-20-15)13-10(2)22-16(23-13)11-6-4-3-5-7-11/h3-9H,1-2H3,(H3,18,19,20,21). The summed E-state index contributed by atoms with van der Waals surface area (Å²) in [6.45, 7) is 4.05. The highest BCUT2D eigenvalue weighted by Gasteiger charge is 2.17. The molecule has 118 valence electrons. The van der Waals surface area contributed by atoms with Crippen molar-refractivity contribution in [3.8, 4) is 10.6 Å². The van der Waals surface area contributed by atoms with Crippen molar-refractivity contribution < 1.29 is 0 Å². The highest BCUT2D eigenvalue weighted by Crippen LogP contribution is 2.34. The van der Waals surface area contributed by atoms with E-state index in [9.17, 15) is 0 Å². The van der Waals surface area contributed by atoms with E-state index in [1.54, 1.807) is 11.3 Å². The van der Waals surface area contributed by atoms with Crippen LogP contribution in [0.15, 0.2) is 36.7 Å². The summed E-state index contributed by atoms with van der Waals surface area (Å²) in [5, 5.41) is 4.62. The van der Waals surface area contributed by atoms with Gasteiger partial charge >= 0.3 is 0 Å². The van der Waals surface area contributed by atoms with Crippen molar-refractivity contribution in [3.63, 3.8) is 0 Å². The van der Waals surface area contributed by atoms with Crippen LogP contribution in [0.4, 0.5) is 11.6 Å². The van der Waals surface area contributed by atoms with Crippen molar-refractivity contribution in [2.75, 3.05) is 11.1 Å². The number of aryl methyl sites for hydroxylation is 1. The van der Waals surface area contributed by atoms with Crippen LogP contribution in [0.25, 0.3) is 10.6 Å². The third-order valence-corrected chi connectivity index (χ3v) is 5.18. The van der Waals surface area contributed by atoms with Gasteiger partial charge in [-0.05, 0) is 13.8 Å². The molecule has 0 saturated carbocycles. The van der Waals surface area contributed by atoms with Crippen LogP contribution < -0.4 is 11.1 Å². The molecule has 0 saturated heterocycles. The van der Waals surface area contributed by atoms with Crippen LogP contribution >= 0.6 is 22.9 Å². The van der Waals surface area contributed by atoms with Crippen molar-refractivity contribution in [1.82, 2.24) is 15.0 Å². The Morgan fingerprint density at radius 3 is 2.70 bits per heavy atom. The molecule has 0 radical (unpaired) electrons. The molecule has 3 rings (SSSR count). The fraction of sp³-hybridized carbons (Fsp3) is 0.188. The molecule has 5 nitrogen and oxygen atoms in total. The topological polar surface area (TPSA) is 76.7 Å². The molecule has 1 unspecified atom stereocenters. The van der Waals surface area contributed by atoms with Crippen LogP contribution in [0.1, 0.15) is 23.5 Å². The molecule has 7 heteroatoms. The number of nitrogens with one attached hydrogen (secondary N) is 1. The van der Waals surface area contributed by atoms with E-state index in [1.807, 2.05) is 32.0 Å². The van der Waals surface area contributed by atoms with Crippen LogP contribution in [-0.2, 0) is 0 Å². The van der Waals surface area contributed by atoms with Gasteiger partial charge in [-0.15, -0.1) is 11.3 Å². The second kappa shape index (κ2) is 6.52. The number of benzene rings is 1. The summed E-state index contributed by atoms with van der Waals surface area (Å²) in [7, 11) is 0. The van der Waals surface area contributed by atoms with Gasteiger partial charge < -0.3 is 11.1 Å². The van der Waals surface area contributed by atoms with Crippen LogP contribution in [0.2, 0.25) is 5.02 Å². The molecule has 0 aliphatic heterocycles. The molecular formula is C16H16ClN5S. The zero-order chi connectivity index (χ0) is 16.4. The van der Waals surface area contributed by atoms with Gasteiger partial charge in [-0.3, -0.25) is 0 Å². The van der Waals surface area contributed by atoms with E-state index >= 15 is 0 Å². The smallest absolute Gasteiger partial charge is 0.150 e. The van der Waals surface area contributed by atoms with Crippen LogP contribution in [0, 0.1) is 6.92 Å². The van der Waals surface area contributed by atoms with Gasteiger partial charge in [-0.2, -0.15) is 0 Å². The van der Waals surface area contributed by atoms with E-state index < -0.39 is 0 Å². The molecule has 23 heavy (non-hydrogen) atoms. The predicted octanol–water partition coefficient (Wildman–Crippen LogP) is 4.32. The second-order valence-electron chi connectivity index (χ2n) is 5.12. The highest BCUT2D eigenvalue weighted by atomic mass is 35.5. The zero-order valence-corrected chi connectivity index (χ0v) is 14.3. The summed E-state index contributed by atoms with van der Waals surface area (Å²) in [6.07, 6.45) is 1.39. The van der Waals surface area contributed by atoms with Gasteiger partial charge in [0.05, 0.1) is 11.7 Å². The van der Waals surface area contributed by atoms with Gasteiger partial charge in [0, 0.05) is 10.4 Å². The van der Waals surface area contributed by atoms with Gasteiger partial charge in [0.2, 0.25) is 0 Å². The first-order chi connectivity index (χ1) is 11.1. The lowest BCUT2D eigenvalue weighted by molar-refractivity contribution is 0.878. The number of thiazole rings is 1. The minimum atomic E-state index is 0.0109. The molecule has 0 fully saturated rings. The number of rotatable bonds is 4. The number of nitrogens with two attached hydrogens (primary N) is 1. The Balaban J connectivity index is 1.87. The average Bonchev–Trinajstić information content (AvgIpc) is 2.95. The largest absolute Gasteiger partial charge is 0.382 e. The van der Waals surface area contributed by atoms with Crippen LogP contribution in [-0.4, -0.2) is 15.0 Å². The summed E-state index contributed by atoms with van der Waals surface area (Å²) in [6, 6.07) is 10.1. The summed E-state index contributed by atoms with van der Waals surface area (Å²) in [5.41, 5.74) is 7.82. The monoisotopic (exact) mass is 345 g/mol. The van der Waals surface area contributed by atoms with Crippen molar-refractivity contribution in [2.45, 2.75) is 19.9 Å². The third kappa shape index (κ3) is 3.28. The van der Waals surface area contributed by atoms with Crippen molar-refractivity contribution in [1.29, 1.82) is 0 Å². The van der Waals surface area contributed by atoms with Gasteiger partial charge in [-0.1, -0.05) is 41.9 Å². The van der Waals surface area contributed by atoms with Gasteiger partial charge in [0.15, 0.2) is 5.82 Å². The summed E-state index contributed by atoms with van der Waals surface area (Å²) < 4.78 is 0. The first-order valence-electron chi connectivity index (χ1n) is 7.11. The maximum Gasteiger partial charge on any atom is 0.150 e. The first-order valence-corrected chi connectivity index (χ1v) is 8.31. The molecular weight excluding hydrogens is 330 g/mol. The Bertz CT molecular complexity index is 819. The van der Waals surface area contributed by atoms with E-state index in [0.29, 0.717) is 10.8 Å². The third-order valence-electron chi connectivity index (χ3n) is 3.42. The predicted molar refractivity (Wildman–Crippen MR) is 95.8 cm³/mol. The molecule has 0 aliphatic rings. The average molecular weight is 346 g/mol. The number of nitrogens with zero attached hydrogens (tertiary/aromatic N) is 3. The summed E-state index contributed by atoms with van der Waals surface area (Å²) >= 11 is 7.80. The second-order valence-corrected chi connectivity index (χ2v) is 6.53. The molecule has 0 spiro atoms. The fourth-order valence-corrected chi connectivity index (χ4v) is 3.49.